The van der Waals surface area contributed by atoms with E-state index in [-0.39, 0.29) is 12.1 Å². The summed E-state index contributed by atoms with van der Waals surface area (Å²) in [5.74, 6) is 0.746. The molecule has 35 heavy (non-hydrogen) atoms. The highest BCUT2D eigenvalue weighted by molar-refractivity contribution is 5.70. The standard InChI is InChI=1S/C32H62O3/c1-5-7-9-11-13-15-17-19-21-23-29(3)27-31(25-26-33)35-32(34)28-30(4)24-22-20-18-16-14-12-10-8-6-2/h26,29-31H,5-25,27-28H2,1-4H3. The van der Waals surface area contributed by atoms with Gasteiger partial charge in [0.25, 0.3) is 0 Å². The fourth-order valence-electron chi connectivity index (χ4n) is 5.09. The van der Waals surface area contributed by atoms with Gasteiger partial charge in [-0.3, -0.25) is 4.79 Å². The fraction of sp³-hybridized carbons (Fsp3) is 0.938. The second-order valence-electron chi connectivity index (χ2n) is 11.4. The third-order valence-electron chi connectivity index (χ3n) is 7.44. The molecule has 3 atom stereocenters. The summed E-state index contributed by atoms with van der Waals surface area (Å²) in [7, 11) is 0. The normalized spacial score (nSPS) is 13.9. The first-order valence-electron chi connectivity index (χ1n) is 15.7. The van der Waals surface area contributed by atoms with Crippen molar-refractivity contribution in [3.05, 3.63) is 0 Å². The Hall–Kier alpha value is -0.860. The highest BCUT2D eigenvalue weighted by Crippen LogP contribution is 2.21. The van der Waals surface area contributed by atoms with Crippen LogP contribution >= 0.6 is 0 Å². The molecule has 0 saturated carbocycles. The number of hydrogen-bond donors (Lipinski definition) is 0. The van der Waals surface area contributed by atoms with Crippen molar-refractivity contribution in [3.8, 4) is 0 Å². The molecule has 0 aliphatic rings. The Morgan fingerprint density at radius 3 is 1.46 bits per heavy atom. The fourth-order valence-corrected chi connectivity index (χ4v) is 5.09. The van der Waals surface area contributed by atoms with Gasteiger partial charge in [0.2, 0.25) is 0 Å². The summed E-state index contributed by atoms with van der Waals surface area (Å²) in [5.41, 5.74) is 0. The lowest BCUT2D eigenvalue weighted by atomic mass is 9.95. The number of carbonyl (C=O) groups excluding carboxylic acids is 2. The molecule has 3 unspecified atom stereocenters. The van der Waals surface area contributed by atoms with Crippen molar-refractivity contribution in [2.45, 2.75) is 181 Å². The van der Waals surface area contributed by atoms with Gasteiger partial charge in [-0.15, -0.1) is 0 Å². The van der Waals surface area contributed by atoms with Crippen LogP contribution in [0.2, 0.25) is 0 Å². The maximum Gasteiger partial charge on any atom is 0.306 e. The number of rotatable bonds is 27. The van der Waals surface area contributed by atoms with E-state index in [1.165, 1.54) is 116 Å². The monoisotopic (exact) mass is 494 g/mol. The number of aldehydes is 1. The van der Waals surface area contributed by atoms with E-state index < -0.39 is 0 Å². The highest BCUT2D eigenvalue weighted by Gasteiger charge is 2.19. The molecule has 0 heterocycles. The average molecular weight is 495 g/mol. The summed E-state index contributed by atoms with van der Waals surface area (Å²) in [6.07, 6.45) is 28.6. The molecular weight excluding hydrogens is 432 g/mol. The SMILES string of the molecule is CCCCCCCCCCCC(C)CC(=O)OC(CC=O)CC(C)CCCCCCCCCCC. The molecule has 0 aromatic heterocycles. The number of hydrogen-bond acceptors (Lipinski definition) is 3. The van der Waals surface area contributed by atoms with E-state index in [1.54, 1.807) is 0 Å². The number of unbranched alkanes of at least 4 members (excludes halogenated alkanes) is 16. The van der Waals surface area contributed by atoms with Gasteiger partial charge in [0.05, 0.1) is 0 Å². The molecule has 0 bridgehead atoms. The molecule has 0 amide bonds. The molecular formula is C32H62O3. The number of ether oxygens (including phenoxy) is 1. The van der Waals surface area contributed by atoms with Crippen molar-refractivity contribution in [3.63, 3.8) is 0 Å². The first-order valence-corrected chi connectivity index (χ1v) is 15.7. The summed E-state index contributed by atoms with van der Waals surface area (Å²) in [5, 5.41) is 0. The molecule has 208 valence electrons. The van der Waals surface area contributed by atoms with Crippen LogP contribution in [0.3, 0.4) is 0 Å². The Kier molecular flexibility index (Phi) is 25.6. The number of carbonyl (C=O) groups is 2. The van der Waals surface area contributed by atoms with Gasteiger partial charge in [-0.2, -0.15) is 0 Å². The second kappa shape index (κ2) is 26.2. The molecule has 3 heteroatoms. The van der Waals surface area contributed by atoms with Crippen molar-refractivity contribution in [1.29, 1.82) is 0 Å². The molecule has 0 fully saturated rings. The average Bonchev–Trinajstić information content (AvgIpc) is 2.82. The molecule has 0 aliphatic carbocycles. The largest absolute Gasteiger partial charge is 0.462 e. The molecule has 0 aromatic carbocycles. The van der Waals surface area contributed by atoms with Gasteiger partial charge in [0, 0.05) is 12.8 Å². The Labute approximate surface area is 219 Å². The van der Waals surface area contributed by atoms with Crippen LogP contribution in [0.5, 0.6) is 0 Å². The van der Waals surface area contributed by atoms with Crippen LogP contribution in [0, 0.1) is 11.8 Å². The predicted octanol–water partition coefficient (Wildman–Crippen LogP) is 10.4. The summed E-state index contributed by atoms with van der Waals surface area (Å²) >= 11 is 0. The molecule has 0 aromatic rings. The first kappa shape index (κ1) is 34.1. The summed E-state index contributed by atoms with van der Waals surface area (Å²) < 4.78 is 5.75. The van der Waals surface area contributed by atoms with Crippen molar-refractivity contribution in [2.75, 3.05) is 0 Å². The lowest BCUT2D eigenvalue weighted by Gasteiger charge is -2.21. The van der Waals surface area contributed by atoms with Crippen molar-refractivity contribution >= 4 is 12.3 Å². The topological polar surface area (TPSA) is 43.4 Å². The van der Waals surface area contributed by atoms with Crippen molar-refractivity contribution < 1.29 is 14.3 Å². The minimum Gasteiger partial charge on any atom is -0.462 e. The molecule has 0 radical (unpaired) electrons. The van der Waals surface area contributed by atoms with E-state index >= 15 is 0 Å². The smallest absolute Gasteiger partial charge is 0.306 e. The van der Waals surface area contributed by atoms with Gasteiger partial charge in [-0.25, -0.2) is 0 Å². The quantitative estimate of drug-likeness (QED) is 0.0648. The Morgan fingerprint density at radius 1 is 0.629 bits per heavy atom. The molecule has 0 spiro atoms. The van der Waals surface area contributed by atoms with Gasteiger partial charge < -0.3 is 9.53 Å². The lowest BCUT2D eigenvalue weighted by molar-refractivity contribution is -0.151. The van der Waals surface area contributed by atoms with Crippen LogP contribution in [0.4, 0.5) is 0 Å². The first-order chi connectivity index (χ1) is 17.0. The minimum atomic E-state index is -0.242. The van der Waals surface area contributed by atoms with Crippen LogP contribution in [0.1, 0.15) is 175 Å². The summed E-state index contributed by atoms with van der Waals surface area (Å²) in [6, 6.07) is 0. The Balaban J connectivity index is 3.88. The van der Waals surface area contributed by atoms with E-state index in [0.717, 1.165) is 25.5 Å². The lowest BCUT2D eigenvalue weighted by Crippen LogP contribution is -2.22. The van der Waals surface area contributed by atoms with Crippen molar-refractivity contribution in [2.24, 2.45) is 11.8 Å². The van der Waals surface area contributed by atoms with Crippen LogP contribution in [0.15, 0.2) is 0 Å². The molecule has 0 rings (SSSR count). The maximum atomic E-state index is 12.5. The van der Waals surface area contributed by atoms with Crippen LogP contribution in [-0.4, -0.2) is 18.4 Å². The summed E-state index contributed by atoms with van der Waals surface area (Å²) in [4.78, 5) is 23.6. The van der Waals surface area contributed by atoms with E-state index in [0.29, 0.717) is 24.7 Å². The zero-order chi connectivity index (χ0) is 26.0. The van der Waals surface area contributed by atoms with Crippen molar-refractivity contribution in [1.82, 2.24) is 0 Å². The molecule has 0 aliphatic heterocycles. The molecule has 0 saturated heterocycles. The minimum absolute atomic E-state index is 0.115. The maximum absolute atomic E-state index is 12.5. The van der Waals surface area contributed by atoms with Gasteiger partial charge >= 0.3 is 5.97 Å². The van der Waals surface area contributed by atoms with Crippen LogP contribution < -0.4 is 0 Å². The third kappa shape index (κ3) is 24.6. The third-order valence-corrected chi connectivity index (χ3v) is 7.44. The molecule has 0 N–H and O–H groups in total. The van der Waals surface area contributed by atoms with Gasteiger partial charge in [-0.05, 0) is 18.3 Å². The van der Waals surface area contributed by atoms with Crippen LogP contribution in [0.25, 0.3) is 0 Å². The van der Waals surface area contributed by atoms with Gasteiger partial charge in [0.1, 0.15) is 12.4 Å². The second-order valence-corrected chi connectivity index (χ2v) is 11.4. The van der Waals surface area contributed by atoms with E-state index in [2.05, 4.69) is 27.7 Å². The molecule has 3 nitrogen and oxygen atoms in total. The summed E-state index contributed by atoms with van der Waals surface area (Å²) in [6.45, 7) is 8.93. The van der Waals surface area contributed by atoms with Gasteiger partial charge in [0.15, 0.2) is 0 Å². The van der Waals surface area contributed by atoms with E-state index in [9.17, 15) is 9.59 Å². The van der Waals surface area contributed by atoms with Gasteiger partial charge in [-0.1, -0.05) is 156 Å². The van der Waals surface area contributed by atoms with E-state index in [1.807, 2.05) is 0 Å². The Morgan fingerprint density at radius 2 is 1.03 bits per heavy atom. The van der Waals surface area contributed by atoms with Crippen LogP contribution in [-0.2, 0) is 14.3 Å². The zero-order valence-electron chi connectivity index (χ0n) is 24.3. The zero-order valence-corrected chi connectivity index (χ0v) is 24.3. The van der Waals surface area contributed by atoms with E-state index in [4.69, 9.17) is 4.74 Å². The Bertz CT molecular complexity index is 462. The highest BCUT2D eigenvalue weighted by atomic mass is 16.5. The predicted molar refractivity (Wildman–Crippen MR) is 152 cm³/mol. The number of esters is 1.